The molecule has 6 heteroatoms. The van der Waals surface area contributed by atoms with Crippen molar-refractivity contribution in [3.05, 3.63) is 72.0 Å². The predicted molar refractivity (Wildman–Crippen MR) is 92.2 cm³/mol. The fourth-order valence-corrected chi connectivity index (χ4v) is 3.52. The van der Waals surface area contributed by atoms with Gasteiger partial charge in [0, 0.05) is 16.7 Å². The first-order chi connectivity index (χ1) is 11.5. The molecule has 0 N–H and O–H groups in total. The number of carbonyl (C=O) groups excluding carboxylic acids is 1. The SMILES string of the molecule is Cc1onc(-c2ccccc2)c1C(=O)N=[S@](C)(=O)c1ccccc1. The second-order valence-corrected chi connectivity index (χ2v) is 7.60. The van der Waals surface area contributed by atoms with Crippen LogP contribution in [-0.4, -0.2) is 21.5 Å². The molecule has 122 valence electrons. The Kier molecular flexibility index (Phi) is 4.31. The second kappa shape index (κ2) is 6.41. The van der Waals surface area contributed by atoms with Crippen LogP contribution in [0.4, 0.5) is 0 Å². The maximum absolute atomic E-state index is 12.8. The van der Waals surface area contributed by atoms with E-state index in [2.05, 4.69) is 9.52 Å². The number of rotatable bonds is 3. The highest BCUT2D eigenvalue weighted by atomic mass is 32.2. The van der Waals surface area contributed by atoms with Crippen molar-refractivity contribution in [1.29, 1.82) is 0 Å². The van der Waals surface area contributed by atoms with Gasteiger partial charge in [-0.25, -0.2) is 4.21 Å². The molecule has 0 aliphatic rings. The van der Waals surface area contributed by atoms with E-state index in [-0.39, 0.29) is 5.56 Å². The average Bonchev–Trinajstić information content (AvgIpc) is 2.98. The first-order valence-corrected chi connectivity index (χ1v) is 9.24. The summed E-state index contributed by atoms with van der Waals surface area (Å²) in [4.78, 5) is 13.2. The molecule has 24 heavy (non-hydrogen) atoms. The smallest absolute Gasteiger partial charge is 0.291 e. The summed E-state index contributed by atoms with van der Waals surface area (Å²) >= 11 is 0. The van der Waals surface area contributed by atoms with Crippen molar-refractivity contribution in [3.8, 4) is 11.3 Å². The Balaban J connectivity index is 2.08. The van der Waals surface area contributed by atoms with Crippen molar-refractivity contribution in [1.82, 2.24) is 5.16 Å². The Morgan fingerprint density at radius 3 is 2.25 bits per heavy atom. The van der Waals surface area contributed by atoms with Crippen molar-refractivity contribution in [2.45, 2.75) is 11.8 Å². The van der Waals surface area contributed by atoms with Crippen LogP contribution in [0.3, 0.4) is 0 Å². The molecule has 0 fully saturated rings. The molecule has 0 aliphatic heterocycles. The monoisotopic (exact) mass is 340 g/mol. The highest BCUT2D eigenvalue weighted by Crippen LogP contribution is 2.26. The van der Waals surface area contributed by atoms with Crippen LogP contribution in [0.2, 0.25) is 0 Å². The van der Waals surface area contributed by atoms with Gasteiger partial charge in [-0.15, -0.1) is 0 Å². The summed E-state index contributed by atoms with van der Waals surface area (Å²) in [7, 11) is -2.85. The molecule has 0 radical (unpaired) electrons. The normalized spacial score (nSPS) is 13.2. The molecule has 3 rings (SSSR count). The van der Waals surface area contributed by atoms with Crippen LogP contribution in [0, 0.1) is 6.92 Å². The number of nitrogens with zero attached hydrogens (tertiary/aromatic N) is 2. The van der Waals surface area contributed by atoms with E-state index < -0.39 is 15.6 Å². The third-order valence-corrected chi connectivity index (χ3v) is 5.22. The Labute approximate surface area is 140 Å². The van der Waals surface area contributed by atoms with Crippen molar-refractivity contribution >= 4 is 15.6 Å². The average molecular weight is 340 g/mol. The maximum atomic E-state index is 12.8. The summed E-state index contributed by atoms with van der Waals surface area (Å²) in [6.07, 6.45) is 1.45. The zero-order valence-electron chi connectivity index (χ0n) is 13.3. The van der Waals surface area contributed by atoms with Gasteiger partial charge < -0.3 is 4.52 Å². The van der Waals surface area contributed by atoms with Gasteiger partial charge in [0.25, 0.3) is 5.91 Å². The first-order valence-electron chi connectivity index (χ1n) is 7.32. The topological polar surface area (TPSA) is 72.5 Å². The van der Waals surface area contributed by atoms with Crippen LogP contribution in [0.5, 0.6) is 0 Å². The standard InChI is InChI=1S/C18H16N2O3S/c1-13-16(17(19-23-13)14-9-5-3-6-10-14)18(21)20-24(2,22)15-11-7-4-8-12-15/h3-12H,1-2H3/t24-/m1/s1. The van der Waals surface area contributed by atoms with E-state index in [9.17, 15) is 9.00 Å². The molecule has 0 bridgehead atoms. The molecule has 3 aromatic rings. The lowest BCUT2D eigenvalue weighted by atomic mass is 10.1. The van der Waals surface area contributed by atoms with Gasteiger partial charge in [0.1, 0.15) is 17.0 Å². The van der Waals surface area contributed by atoms with Gasteiger partial charge in [-0.2, -0.15) is 4.36 Å². The summed E-state index contributed by atoms with van der Waals surface area (Å²) < 4.78 is 21.9. The van der Waals surface area contributed by atoms with Crippen molar-refractivity contribution in [2.75, 3.05) is 6.26 Å². The van der Waals surface area contributed by atoms with E-state index >= 15 is 0 Å². The van der Waals surface area contributed by atoms with Crippen molar-refractivity contribution < 1.29 is 13.5 Å². The minimum atomic E-state index is -2.85. The third-order valence-electron chi connectivity index (χ3n) is 3.56. The summed E-state index contributed by atoms with van der Waals surface area (Å²) in [6.45, 7) is 1.64. The molecule has 1 atom stereocenters. The lowest BCUT2D eigenvalue weighted by molar-refractivity contribution is 0.100. The van der Waals surface area contributed by atoms with E-state index in [0.717, 1.165) is 5.56 Å². The van der Waals surface area contributed by atoms with Gasteiger partial charge in [-0.1, -0.05) is 53.7 Å². The van der Waals surface area contributed by atoms with Crippen LogP contribution in [-0.2, 0) is 9.73 Å². The molecule has 0 spiro atoms. The molecule has 1 aromatic heterocycles. The number of carbonyl (C=O) groups is 1. The van der Waals surface area contributed by atoms with Crippen LogP contribution < -0.4 is 0 Å². The second-order valence-electron chi connectivity index (χ2n) is 5.34. The minimum Gasteiger partial charge on any atom is -0.360 e. The molecular weight excluding hydrogens is 324 g/mol. The summed E-state index contributed by atoms with van der Waals surface area (Å²) in [6, 6.07) is 17.9. The molecule has 0 aliphatic carbocycles. The van der Waals surface area contributed by atoms with Gasteiger partial charge in [-0.3, -0.25) is 4.79 Å². The van der Waals surface area contributed by atoms with E-state index in [1.165, 1.54) is 6.26 Å². The number of hydrogen-bond donors (Lipinski definition) is 0. The molecule has 1 amide bonds. The van der Waals surface area contributed by atoms with E-state index in [0.29, 0.717) is 16.3 Å². The maximum Gasteiger partial charge on any atom is 0.291 e. The quantitative estimate of drug-likeness (QED) is 0.724. The zero-order chi connectivity index (χ0) is 17.2. The summed E-state index contributed by atoms with van der Waals surface area (Å²) in [5.41, 5.74) is 1.40. The molecular formula is C18H16N2O3S. The Morgan fingerprint density at radius 2 is 1.62 bits per heavy atom. The van der Waals surface area contributed by atoms with E-state index in [4.69, 9.17) is 4.52 Å². The fourth-order valence-electron chi connectivity index (χ4n) is 2.35. The fraction of sp³-hybridized carbons (Fsp3) is 0.111. The van der Waals surface area contributed by atoms with Gasteiger partial charge in [-0.05, 0) is 19.1 Å². The molecule has 2 aromatic carbocycles. The number of hydrogen-bond acceptors (Lipinski definition) is 4. The first kappa shape index (κ1) is 16.1. The van der Waals surface area contributed by atoms with E-state index in [1.807, 2.05) is 36.4 Å². The third kappa shape index (κ3) is 3.14. The van der Waals surface area contributed by atoms with Crippen molar-refractivity contribution in [3.63, 3.8) is 0 Å². The Morgan fingerprint density at radius 1 is 1.04 bits per heavy atom. The highest BCUT2D eigenvalue weighted by molar-refractivity contribution is 7.93. The molecule has 1 heterocycles. The Hall–Kier alpha value is -2.73. The predicted octanol–water partition coefficient (Wildman–Crippen LogP) is 3.95. The number of aryl methyl sites for hydroxylation is 1. The molecule has 0 saturated carbocycles. The lowest BCUT2D eigenvalue weighted by Gasteiger charge is -2.04. The van der Waals surface area contributed by atoms with Crippen LogP contribution in [0.25, 0.3) is 11.3 Å². The highest BCUT2D eigenvalue weighted by Gasteiger charge is 2.22. The largest absolute Gasteiger partial charge is 0.360 e. The van der Waals surface area contributed by atoms with Gasteiger partial charge in [0.2, 0.25) is 0 Å². The number of amides is 1. The van der Waals surface area contributed by atoms with Crippen LogP contribution in [0.15, 0.2) is 74.4 Å². The van der Waals surface area contributed by atoms with Gasteiger partial charge in [0.15, 0.2) is 0 Å². The van der Waals surface area contributed by atoms with Crippen LogP contribution >= 0.6 is 0 Å². The van der Waals surface area contributed by atoms with Crippen molar-refractivity contribution in [2.24, 2.45) is 4.36 Å². The lowest BCUT2D eigenvalue weighted by Crippen LogP contribution is -2.05. The summed E-state index contributed by atoms with van der Waals surface area (Å²) in [5.74, 6) is -0.241. The van der Waals surface area contributed by atoms with Gasteiger partial charge >= 0.3 is 0 Å². The summed E-state index contributed by atoms with van der Waals surface area (Å²) in [5, 5.41) is 3.96. The molecule has 5 nitrogen and oxygen atoms in total. The number of benzene rings is 2. The van der Waals surface area contributed by atoms with E-state index in [1.54, 1.807) is 31.2 Å². The number of aromatic nitrogens is 1. The van der Waals surface area contributed by atoms with Crippen LogP contribution in [0.1, 0.15) is 16.1 Å². The molecule has 0 unspecified atom stereocenters. The zero-order valence-corrected chi connectivity index (χ0v) is 14.1. The minimum absolute atomic E-state index is 0.242. The Bertz CT molecular complexity index is 986. The van der Waals surface area contributed by atoms with Gasteiger partial charge in [0.05, 0.1) is 9.73 Å². The molecule has 0 saturated heterocycles.